The highest BCUT2D eigenvalue weighted by Gasteiger charge is 2.37. The van der Waals surface area contributed by atoms with Crippen molar-refractivity contribution in [2.24, 2.45) is 5.41 Å². The Hall–Kier alpha value is -1.42. The molecule has 2 fully saturated rings. The van der Waals surface area contributed by atoms with Crippen LogP contribution in [0.2, 0.25) is 0 Å². The Morgan fingerprint density at radius 1 is 1.29 bits per heavy atom. The maximum absolute atomic E-state index is 12.5. The first-order valence-corrected chi connectivity index (χ1v) is 8.15. The molecule has 1 N–H and O–H groups in total. The quantitative estimate of drug-likeness (QED) is 0.925. The summed E-state index contributed by atoms with van der Waals surface area (Å²) in [5, 5.41) is 3.52. The van der Waals surface area contributed by atoms with Crippen LogP contribution >= 0.6 is 0 Å². The molecule has 0 bridgehead atoms. The van der Waals surface area contributed by atoms with Crippen LogP contribution in [-0.2, 0) is 11.2 Å². The molecule has 1 spiro atoms. The second-order valence-corrected chi connectivity index (χ2v) is 6.55. The Labute approximate surface area is 126 Å². The molecule has 4 nitrogen and oxygen atoms in total. The highest BCUT2D eigenvalue weighted by Crippen LogP contribution is 2.36. The van der Waals surface area contributed by atoms with Gasteiger partial charge in [-0.15, -0.1) is 0 Å². The summed E-state index contributed by atoms with van der Waals surface area (Å²) in [6.07, 6.45) is 9.98. The van der Waals surface area contributed by atoms with E-state index in [1.54, 1.807) is 12.4 Å². The number of hydrogen-bond acceptors (Lipinski definition) is 3. The Morgan fingerprint density at radius 2 is 2.10 bits per heavy atom. The first kappa shape index (κ1) is 14.5. The van der Waals surface area contributed by atoms with Crippen molar-refractivity contribution in [2.75, 3.05) is 26.2 Å². The molecule has 114 valence electrons. The average molecular weight is 287 g/mol. The highest BCUT2D eigenvalue weighted by molar-refractivity contribution is 5.76. The first-order chi connectivity index (χ1) is 10.3. The van der Waals surface area contributed by atoms with Crippen LogP contribution in [0.3, 0.4) is 0 Å². The number of aromatic nitrogens is 1. The normalized spacial score (nSPS) is 26.0. The summed E-state index contributed by atoms with van der Waals surface area (Å²) >= 11 is 0. The van der Waals surface area contributed by atoms with Crippen LogP contribution in [0.4, 0.5) is 0 Å². The maximum Gasteiger partial charge on any atom is 0.222 e. The van der Waals surface area contributed by atoms with Gasteiger partial charge in [0.15, 0.2) is 0 Å². The van der Waals surface area contributed by atoms with Crippen LogP contribution in [0.1, 0.15) is 37.7 Å². The molecule has 1 unspecified atom stereocenters. The van der Waals surface area contributed by atoms with Gasteiger partial charge in [-0.25, -0.2) is 0 Å². The lowest BCUT2D eigenvalue weighted by Gasteiger charge is -2.45. The van der Waals surface area contributed by atoms with Crippen molar-refractivity contribution in [1.82, 2.24) is 15.2 Å². The molecule has 0 aromatic carbocycles. The van der Waals surface area contributed by atoms with Crippen LogP contribution < -0.4 is 5.32 Å². The van der Waals surface area contributed by atoms with Gasteiger partial charge in [0.1, 0.15) is 0 Å². The molecule has 1 aromatic heterocycles. The monoisotopic (exact) mass is 287 g/mol. The molecular weight excluding hydrogens is 262 g/mol. The van der Waals surface area contributed by atoms with Crippen LogP contribution in [0.15, 0.2) is 24.5 Å². The summed E-state index contributed by atoms with van der Waals surface area (Å²) in [4.78, 5) is 18.6. The number of hydrogen-bond donors (Lipinski definition) is 1. The van der Waals surface area contributed by atoms with E-state index >= 15 is 0 Å². The number of aryl methyl sites for hydroxylation is 1. The largest absolute Gasteiger partial charge is 0.342 e. The van der Waals surface area contributed by atoms with Crippen molar-refractivity contribution in [1.29, 1.82) is 0 Å². The van der Waals surface area contributed by atoms with Crippen LogP contribution in [0.25, 0.3) is 0 Å². The fourth-order valence-electron chi connectivity index (χ4n) is 3.76. The number of piperidine rings is 2. The van der Waals surface area contributed by atoms with Crippen molar-refractivity contribution in [3.05, 3.63) is 30.1 Å². The number of carbonyl (C=O) groups excluding carboxylic acids is 1. The van der Waals surface area contributed by atoms with Gasteiger partial charge in [-0.2, -0.15) is 0 Å². The van der Waals surface area contributed by atoms with E-state index in [9.17, 15) is 4.79 Å². The molecule has 3 heterocycles. The minimum Gasteiger partial charge on any atom is -0.342 e. The second kappa shape index (κ2) is 6.56. The number of likely N-dealkylation sites (tertiary alicyclic amines) is 1. The van der Waals surface area contributed by atoms with Gasteiger partial charge in [-0.1, -0.05) is 0 Å². The molecule has 0 aliphatic carbocycles. The molecule has 4 heteroatoms. The molecule has 3 rings (SSSR count). The molecule has 1 amide bonds. The number of nitrogens with one attached hydrogen (secondary N) is 1. The van der Waals surface area contributed by atoms with Crippen LogP contribution in [0, 0.1) is 5.41 Å². The third kappa shape index (κ3) is 3.62. The Balaban J connectivity index is 1.54. The molecule has 0 saturated carbocycles. The predicted molar refractivity (Wildman–Crippen MR) is 82.9 cm³/mol. The van der Waals surface area contributed by atoms with Gasteiger partial charge in [0, 0.05) is 43.9 Å². The van der Waals surface area contributed by atoms with Gasteiger partial charge in [-0.3, -0.25) is 9.78 Å². The molecule has 0 radical (unpaired) electrons. The molecule has 1 atom stereocenters. The third-order valence-electron chi connectivity index (χ3n) is 4.95. The van der Waals surface area contributed by atoms with Gasteiger partial charge in [-0.05, 0) is 56.3 Å². The minimum absolute atomic E-state index is 0.316. The maximum atomic E-state index is 12.5. The second-order valence-electron chi connectivity index (χ2n) is 6.55. The van der Waals surface area contributed by atoms with Crippen molar-refractivity contribution >= 4 is 5.91 Å². The van der Waals surface area contributed by atoms with Crippen molar-refractivity contribution in [2.45, 2.75) is 38.5 Å². The van der Waals surface area contributed by atoms with Gasteiger partial charge < -0.3 is 10.2 Å². The van der Waals surface area contributed by atoms with Crippen LogP contribution in [0.5, 0.6) is 0 Å². The van der Waals surface area contributed by atoms with E-state index < -0.39 is 0 Å². The summed E-state index contributed by atoms with van der Waals surface area (Å²) in [6, 6.07) is 3.99. The summed E-state index contributed by atoms with van der Waals surface area (Å²) in [5.41, 5.74) is 1.55. The fraction of sp³-hybridized carbons (Fsp3) is 0.647. The van der Waals surface area contributed by atoms with Gasteiger partial charge in [0.25, 0.3) is 0 Å². The number of pyridine rings is 1. The highest BCUT2D eigenvalue weighted by atomic mass is 16.2. The summed E-state index contributed by atoms with van der Waals surface area (Å²) in [6.45, 7) is 4.12. The lowest BCUT2D eigenvalue weighted by molar-refractivity contribution is -0.135. The molecule has 2 saturated heterocycles. The zero-order chi connectivity index (χ0) is 14.5. The van der Waals surface area contributed by atoms with E-state index in [4.69, 9.17) is 0 Å². The van der Waals surface area contributed by atoms with Gasteiger partial charge in [0.05, 0.1) is 0 Å². The Bertz CT molecular complexity index is 463. The molecule has 2 aliphatic rings. The Kier molecular flexibility index (Phi) is 4.54. The topological polar surface area (TPSA) is 45.2 Å². The Morgan fingerprint density at radius 3 is 2.86 bits per heavy atom. The summed E-state index contributed by atoms with van der Waals surface area (Å²) in [5.74, 6) is 0.316. The average Bonchev–Trinajstić information content (AvgIpc) is 2.54. The van der Waals surface area contributed by atoms with E-state index in [0.29, 0.717) is 17.7 Å². The number of amides is 1. The van der Waals surface area contributed by atoms with Gasteiger partial charge >= 0.3 is 0 Å². The number of carbonyl (C=O) groups is 1. The van der Waals surface area contributed by atoms with Gasteiger partial charge in [0.2, 0.25) is 5.91 Å². The fourth-order valence-corrected chi connectivity index (χ4v) is 3.76. The van der Waals surface area contributed by atoms with Crippen LogP contribution in [-0.4, -0.2) is 42.0 Å². The first-order valence-electron chi connectivity index (χ1n) is 8.15. The third-order valence-corrected chi connectivity index (χ3v) is 4.95. The van der Waals surface area contributed by atoms with E-state index in [-0.39, 0.29) is 0 Å². The van der Waals surface area contributed by atoms with Crippen molar-refractivity contribution in [3.8, 4) is 0 Å². The molecule has 1 aromatic rings. The van der Waals surface area contributed by atoms with E-state index in [2.05, 4.69) is 15.2 Å². The lowest BCUT2D eigenvalue weighted by Crippen LogP contribution is -2.52. The lowest BCUT2D eigenvalue weighted by atomic mass is 9.74. The SMILES string of the molecule is O=C(CCc1ccncc1)N1CCCC2(CCCNC2)C1. The summed E-state index contributed by atoms with van der Waals surface area (Å²) < 4.78 is 0. The van der Waals surface area contributed by atoms with Crippen molar-refractivity contribution in [3.63, 3.8) is 0 Å². The molecule has 21 heavy (non-hydrogen) atoms. The predicted octanol–water partition coefficient (Wildman–Crippen LogP) is 2.01. The summed E-state index contributed by atoms with van der Waals surface area (Å²) in [7, 11) is 0. The van der Waals surface area contributed by atoms with E-state index in [0.717, 1.165) is 39.0 Å². The number of rotatable bonds is 3. The smallest absolute Gasteiger partial charge is 0.222 e. The zero-order valence-electron chi connectivity index (χ0n) is 12.7. The zero-order valence-corrected chi connectivity index (χ0v) is 12.7. The molecular formula is C17H25N3O. The van der Waals surface area contributed by atoms with E-state index in [1.165, 1.54) is 24.8 Å². The minimum atomic E-state index is 0.316. The number of nitrogens with zero attached hydrogens (tertiary/aromatic N) is 2. The standard InChI is InChI=1S/C17H25N3O/c21-16(4-3-15-5-10-18-11-6-15)20-12-2-8-17(14-20)7-1-9-19-13-17/h5-6,10-11,19H,1-4,7-9,12-14H2. The molecule has 2 aliphatic heterocycles. The van der Waals surface area contributed by atoms with E-state index in [1.807, 2.05) is 12.1 Å². The van der Waals surface area contributed by atoms with Crippen molar-refractivity contribution < 1.29 is 4.79 Å².